The summed E-state index contributed by atoms with van der Waals surface area (Å²) in [4.78, 5) is 38.0. The molecule has 14 heteroatoms. The number of carbonyl (C=O) groups excluding carboxylic acids is 3. The van der Waals surface area contributed by atoms with E-state index in [1.807, 2.05) is 0 Å². The fraction of sp³-hybridized carbons (Fsp3) is 0.526. The molecule has 1 unspecified atom stereocenters. The molecule has 0 aliphatic carbocycles. The maximum Gasteiger partial charge on any atom is 0.416 e. The molecule has 2 heterocycles. The molecule has 182 valence electrons. The Bertz CT molecular complexity index is 1040. The molecule has 1 aromatic rings. The van der Waals surface area contributed by atoms with Crippen LogP contribution in [0, 0.1) is 0 Å². The van der Waals surface area contributed by atoms with Gasteiger partial charge in [-0.05, 0) is 37.6 Å². The van der Waals surface area contributed by atoms with E-state index in [4.69, 9.17) is 0 Å². The number of nitrogens with one attached hydrogen (secondary N) is 2. The Balaban J connectivity index is 1.55. The van der Waals surface area contributed by atoms with Gasteiger partial charge in [-0.25, -0.2) is 13.2 Å². The van der Waals surface area contributed by atoms with Crippen molar-refractivity contribution in [2.75, 3.05) is 32.7 Å². The fourth-order valence-electron chi connectivity index (χ4n) is 3.48. The van der Waals surface area contributed by atoms with Gasteiger partial charge in [0.25, 0.3) is 11.8 Å². The molecule has 4 amide bonds. The van der Waals surface area contributed by atoms with Crippen molar-refractivity contribution in [1.29, 1.82) is 0 Å². The first-order chi connectivity index (χ1) is 15.3. The molecule has 10 nitrogen and oxygen atoms in total. The van der Waals surface area contributed by atoms with Crippen molar-refractivity contribution < 1.29 is 36.0 Å². The van der Waals surface area contributed by atoms with Crippen LogP contribution in [0.3, 0.4) is 0 Å². The lowest BCUT2D eigenvalue weighted by Crippen LogP contribution is -2.54. The largest absolute Gasteiger partial charge is 0.416 e. The van der Waals surface area contributed by atoms with E-state index in [2.05, 4.69) is 10.7 Å². The number of hydrogen-bond donors (Lipinski definition) is 2. The van der Waals surface area contributed by atoms with Gasteiger partial charge in [0.15, 0.2) is 0 Å². The van der Waals surface area contributed by atoms with Crippen molar-refractivity contribution >= 4 is 27.9 Å². The maximum absolute atomic E-state index is 12.7. The van der Waals surface area contributed by atoms with Crippen molar-refractivity contribution in [2.24, 2.45) is 0 Å². The zero-order valence-electron chi connectivity index (χ0n) is 18.0. The average Bonchev–Trinajstić information content (AvgIpc) is 2.97. The van der Waals surface area contributed by atoms with Gasteiger partial charge in [0, 0.05) is 26.2 Å². The normalized spacial score (nSPS) is 23.0. The lowest BCUT2D eigenvalue weighted by atomic mass is 10.00. The minimum absolute atomic E-state index is 0.0215. The maximum atomic E-state index is 12.7. The fourth-order valence-corrected chi connectivity index (χ4v) is 4.90. The van der Waals surface area contributed by atoms with Crippen LogP contribution in [0.5, 0.6) is 0 Å². The number of hydrazine groups is 1. The predicted octanol–water partition coefficient (Wildman–Crippen LogP) is 0.763. The number of urea groups is 1. The smallest absolute Gasteiger partial charge is 0.322 e. The zero-order chi connectivity index (χ0) is 24.6. The highest BCUT2D eigenvalue weighted by molar-refractivity contribution is 7.89. The lowest BCUT2D eigenvalue weighted by Gasteiger charge is -2.33. The molecule has 0 radical (unpaired) electrons. The molecule has 1 aromatic carbocycles. The van der Waals surface area contributed by atoms with Gasteiger partial charge in [-0.1, -0.05) is 6.92 Å². The van der Waals surface area contributed by atoms with Crippen LogP contribution in [-0.4, -0.2) is 78.7 Å². The molecule has 0 saturated carbocycles. The van der Waals surface area contributed by atoms with Crippen molar-refractivity contribution in [3.63, 3.8) is 0 Å². The third-order valence-electron chi connectivity index (χ3n) is 5.72. The standard InChI is InChI=1S/C19H24F3N5O5S/c1-3-18(2)16(29)27(17(30)23-18)24-15(28)12-25-8-10-26(11-9-25)33(31,32)14-6-4-13(5-7-14)19(20,21)22/h4-7H,3,8-12H2,1-2H3,(H,23,30)(H,24,28). The molecule has 2 saturated heterocycles. The van der Waals surface area contributed by atoms with Crippen molar-refractivity contribution in [3.05, 3.63) is 29.8 Å². The highest BCUT2D eigenvalue weighted by Crippen LogP contribution is 2.30. The van der Waals surface area contributed by atoms with Crippen LogP contribution in [0.15, 0.2) is 29.2 Å². The Morgan fingerprint density at radius 1 is 1.12 bits per heavy atom. The number of imide groups is 1. The van der Waals surface area contributed by atoms with E-state index < -0.39 is 45.1 Å². The van der Waals surface area contributed by atoms with E-state index in [1.54, 1.807) is 18.7 Å². The topological polar surface area (TPSA) is 119 Å². The van der Waals surface area contributed by atoms with Crippen LogP contribution < -0.4 is 10.7 Å². The summed E-state index contributed by atoms with van der Waals surface area (Å²) in [6.07, 6.45) is -4.22. The number of nitrogens with zero attached hydrogens (tertiary/aromatic N) is 3. The van der Waals surface area contributed by atoms with Crippen LogP contribution in [0.4, 0.5) is 18.0 Å². The number of alkyl halides is 3. The first-order valence-electron chi connectivity index (χ1n) is 10.1. The first kappa shape index (κ1) is 24.9. The number of piperazine rings is 1. The molecular weight excluding hydrogens is 467 g/mol. The van der Waals surface area contributed by atoms with E-state index >= 15 is 0 Å². The van der Waals surface area contributed by atoms with Gasteiger partial charge in [0.2, 0.25) is 10.0 Å². The summed E-state index contributed by atoms with van der Waals surface area (Å²) in [6, 6.07) is 2.53. The number of carbonyl (C=O) groups is 3. The van der Waals surface area contributed by atoms with E-state index in [0.29, 0.717) is 23.6 Å². The minimum atomic E-state index is -4.57. The molecule has 33 heavy (non-hydrogen) atoms. The summed E-state index contributed by atoms with van der Waals surface area (Å²) in [5.41, 5.74) is 0.230. The zero-order valence-corrected chi connectivity index (χ0v) is 18.8. The molecule has 0 spiro atoms. The molecule has 0 aromatic heterocycles. The second-order valence-electron chi connectivity index (χ2n) is 7.99. The Morgan fingerprint density at radius 2 is 1.70 bits per heavy atom. The molecule has 2 N–H and O–H groups in total. The third-order valence-corrected chi connectivity index (χ3v) is 7.64. The SMILES string of the molecule is CCC1(C)NC(=O)N(NC(=O)CN2CCN(S(=O)(=O)c3ccc(C(F)(F)F)cc3)CC2)C1=O. The summed E-state index contributed by atoms with van der Waals surface area (Å²) in [6.45, 7) is 3.51. The Kier molecular flexibility index (Phi) is 6.73. The van der Waals surface area contributed by atoms with Gasteiger partial charge < -0.3 is 5.32 Å². The summed E-state index contributed by atoms with van der Waals surface area (Å²) >= 11 is 0. The number of halogens is 3. The van der Waals surface area contributed by atoms with Crippen molar-refractivity contribution in [2.45, 2.75) is 36.9 Å². The van der Waals surface area contributed by atoms with Gasteiger partial charge in [0.05, 0.1) is 17.0 Å². The molecule has 3 rings (SSSR count). The minimum Gasteiger partial charge on any atom is -0.322 e. The molecule has 1 atom stereocenters. The number of sulfonamides is 1. The molecule has 2 fully saturated rings. The average molecular weight is 491 g/mol. The van der Waals surface area contributed by atoms with Crippen LogP contribution in [0.1, 0.15) is 25.8 Å². The number of amides is 4. The van der Waals surface area contributed by atoms with Crippen molar-refractivity contribution in [1.82, 2.24) is 25.0 Å². The van der Waals surface area contributed by atoms with E-state index in [0.717, 1.165) is 16.4 Å². The Labute approximate surface area is 188 Å². The number of hydrogen-bond acceptors (Lipinski definition) is 6. The number of rotatable bonds is 6. The monoisotopic (exact) mass is 491 g/mol. The third kappa shape index (κ3) is 5.12. The number of benzene rings is 1. The van der Waals surface area contributed by atoms with E-state index in [9.17, 15) is 36.0 Å². The summed E-state index contributed by atoms with van der Waals surface area (Å²) in [7, 11) is -3.99. The molecule has 2 aliphatic heterocycles. The first-order valence-corrected chi connectivity index (χ1v) is 11.6. The summed E-state index contributed by atoms with van der Waals surface area (Å²) in [5.74, 6) is -1.19. The second-order valence-corrected chi connectivity index (χ2v) is 9.93. The quantitative estimate of drug-likeness (QED) is 0.568. The van der Waals surface area contributed by atoms with Crippen LogP contribution in [-0.2, 0) is 25.8 Å². The summed E-state index contributed by atoms with van der Waals surface area (Å²) < 4.78 is 64.7. The summed E-state index contributed by atoms with van der Waals surface area (Å²) in [5, 5.41) is 3.15. The van der Waals surface area contributed by atoms with Gasteiger partial charge in [-0.3, -0.25) is 19.9 Å². The molecule has 0 bridgehead atoms. The van der Waals surface area contributed by atoms with Gasteiger partial charge in [0.1, 0.15) is 5.54 Å². The molecule has 2 aliphatic rings. The van der Waals surface area contributed by atoms with Crippen molar-refractivity contribution in [3.8, 4) is 0 Å². The highest BCUT2D eigenvalue weighted by atomic mass is 32.2. The lowest BCUT2D eigenvalue weighted by molar-refractivity contribution is -0.139. The predicted molar refractivity (Wildman–Crippen MR) is 109 cm³/mol. The van der Waals surface area contributed by atoms with Gasteiger partial charge >= 0.3 is 12.2 Å². The van der Waals surface area contributed by atoms with Crippen LogP contribution in [0.2, 0.25) is 0 Å². The molecular formula is C19H24F3N5O5S. The van der Waals surface area contributed by atoms with Gasteiger partial charge in [-0.2, -0.15) is 22.5 Å². The second kappa shape index (κ2) is 8.91. The van der Waals surface area contributed by atoms with E-state index in [1.165, 1.54) is 0 Å². The van der Waals surface area contributed by atoms with E-state index in [-0.39, 0.29) is 37.6 Å². The highest BCUT2D eigenvalue weighted by Gasteiger charge is 2.47. The van der Waals surface area contributed by atoms with Gasteiger partial charge in [-0.15, -0.1) is 0 Å². The van der Waals surface area contributed by atoms with Crippen LogP contribution >= 0.6 is 0 Å². The Hall–Kier alpha value is -2.71. The Morgan fingerprint density at radius 3 is 2.18 bits per heavy atom. The van der Waals surface area contributed by atoms with Crippen LogP contribution in [0.25, 0.3) is 0 Å².